The van der Waals surface area contributed by atoms with Gasteiger partial charge in [0.05, 0.1) is 0 Å². The fraction of sp³-hybridized carbons (Fsp3) is 1.00. The third kappa shape index (κ3) is 5.67. The Bertz CT molecular complexity index is 127. The second-order valence-corrected chi connectivity index (χ2v) is 5.71. The molecule has 0 bridgehead atoms. The third-order valence-electron chi connectivity index (χ3n) is 0.714. The summed E-state index contributed by atoms with van der Waals surface area (Å²) in [6.07, 6.45) is -4.31. The van der Waals surface area contributed by atoms with Crippen LogP contribution in [0.15, 0.2) is 0 Å². The minimum Gasteiger partial charge on any atom is -0.168 e. The number of thioether (sulfide) groups is 1. The van der Waals surface area contributed by atoms with Crippen LogP contribution in [0.2, 0.25) is 0 Å². The van der Waals surface area contributed by atoms with Crippen LogP contribution in [0.1, 0.15) is 20.8 Å². The van der Waals surface area contributed by atoms with Crippen molar-refractivity contribution in [2.24, 2.45) is 0 Å². The fourth-order valence-corrected chi connectivity index (χ4v) is 1.93. The molecule has 0 aliphatic carbocycles. The molecule has 0 saturated heterocycles. The number of halogens is 4. The monoisotopic (exact) mass is 206 g/mol. The molecule has 0 aromatic heterocycles. The molecular formula is C6H10ClF3S. The van der Waals surface area contributed by atoms with Gasteiger partial charge in [-0.3, -0.25) is 0 Å². The Labute approximate surface area is 73.5 Å². The molecule has 0 spiro atoms. The zero-order valence-corrected chi connectivity index (χ0v) is 8.07. The molecule has 0 nitrogen and oxygen atoms in total. The molecule has 1 atom stereocenters. The molecular weight excluding hydrogens is 197 g/mol. The van der Waals surface area contributed by atoms with Gasteiger partial charge in [-0.25, -0.2) is 0 Å². The molecule has 0 N–H and O–H groups in total. The highest BCUT2D eigenvalue weighted by molar-refractivity contribution is 8.02. The third-order valence-corrected chi connectivity index (χ3v) is 2.41. The van der Waals surface area contributed by atoms with E-state index in [2.05, 4.69) is 0 Å². The maximum absolute atomic E-state index is 11.8. The first-order valence-electron chi connectivity index (χ1n) is 3.01. The van der Waals surface area contributed by atoms with Crippen LogP contribution in [-0.2, 0) is 0 Å². The Morgan fingerprint density at radius 1 is 1.18 bits per heavy atom. The molecule has 68 valence electrons. The first kappa shape index (κ1) is 11.4. The van der Waals surface area contributed by atoms with Crippen molar-refractivity contribution in [1.29, 1.82) is 0 Å². The lowest BCUT2D eigenvalue weighted by Crippen LogP contribution is -2.25. The number of rotatable bonds is 1. The number of alkyl halides is 4. The van der Waals surface area contributed by atoms with E-state index in [1.54, 1.807) is 20.8 Å². The average molecular weight is 207 g/mol. The summed E-state index contributed by atoms with van der Waals surface area (Å²) in [5.41, 5.74) is 0. The largest absolute Gasteiger partial charge is 0.414 e. The standard InChI is InChI=1S/C6H10ClF3S/c1-5(2,3)11-4(7)6(8,9)10/h4H,1-3H3. The van der Waals surface area contributed by atoms with E-state index in [0.29, 0.717) is 11.8 Å². The van der Waals surface area contributed by atoms with E-state index in [4.69, 9.17) is 11.6 Å². The van der Waals surface area contributed by atoms with Crippen molar-refractivity contribution in [3.05, 3.63) is 0 Å². The van der Waals surface area contributed by atoms with Gasteiger partial charge >= 0.3 is 6.18 Å². The maximum Gasteiger partial charge on any atom is 0.414 e. The molecule has 11 heavy (non-hydrogen) atoms. The summed E-state index contributed by atoms with van der Waals surface area (Å²) in [4.78, 5) is 0. The van der Waals surface area contributed by atoms with Gasteiger partial charge in [0.15, 0.2) is 4.71 Å². The molecule has 0 heterocycles. The van der Waals surface area contributed by atoms with Crippen molar-refractivity contribution >= 4 is 23.4 Å². The van der Waals surface area contributed by atoms with Crippen LogP contribution in [0.4, 0.5) is 13.2 Å². The van der Waals surface area contributed by atoms with Gasteiger partial charge in [0.2, 0.25) is 0 Å². The molecule has 0 aliphatic heterocycles. The van der Waals surface area contributed by atoms with Crippen LogP contribution in [0.5, 0.6) is 0 Å². The summed E-state index contributed by atoms with van der Waals surface area (Å²) in [5.74, 6) is 0. The summed E-state index contributed by atoms with van der Waals surface area (Å²) in [7, 11) is 0. The summed E-state index contributed by atoms with van der Waals surface area (Å²) in [5, 5.41) is 0. The zero-order chi connectivity index (χ0) is 9.28. The molecule has 0 rings (SSSR count). The molecule has 0 radical (unpaired) electrons. The quantitative estimate of drug-likeness (QED) is 0.591. The first-order chi connectivity index (χ1) is 4.63. The zero-order valence-electron chi connectivity index (χ0n) is 6.50. The molecule has 0 fully saturated rings. The second kappa shape index (κ2) is 3.44. The van der Waals surface area contributed by atoms with E-state index in [1.165, 1.54) is 0 Å². The van der Waals surface area contributed by atoms with Crippen LogP contribution >= 0.6 is 23.4 Å². The van der Waals surface area contributed by atoms with Crippen LogP contribution in [0, 0.1) is 0 Å². The number of hydrogen-bond acceptors (Lipinski definition) is 1. The second-order valence-electron chi connectivity index (χ2n) is 3.09. The fourth-order valence-electron chi connectivity index (χ4n) is 0.377. The van der Waals surface area contributed by atoms with E-state index in [0.717, 1.165) is 0 Å². The Morgan fingerprint density at radius 2 is 1.55 bits per heavy atom. The van der Waals surface area contributed by atoms with Crippen molar-refractivity contribution in [1.82, 2.24) is 0 Å². The molecule has 0 aromatic rings. The van der Waals surface area contributed by atoms with E-state index in [9.17, 15) is 13.2 Å². The van der Waals surface area contributed by atoms with Gasteiger partial charge in [0.1, 0.15) is 0 Å². The Morgan fingerprint density at radius 3 is 1.64 bits per heavy atom. The van der Waals surface area contributed by atoms with E-state index >= 15 is 0 Å². The maximum atomic E-state index is 11.8. The van der Waals surface area contributed by atoms with Gasteiger partial charge in [0.25, 0.3) is 0 Å². The minimum absolute atomic E-state index is 0.456. The Hall–Kier alpha value is 0.430. The van der Waals surface area contributed by atoms with Crippen molar-refractivity contribution in [2.45, 2.75) is 36.4 Å². The number of hydrogen-bond donors (Lipinski definition) is 0. The van der Waals surface area contributed by atoms with Gasteiger partial charge in [0, 0.05) is 4.75 Å². The van der Waals surface area contributed by atoms with E-state index in [1.807, 2.05) is 0 Å². The molecule has 0 amide bonds. The Balaban J connectivity index is 3.99. The van der Waals surface area contributed by atoms with Gasteiger partial charge in [-0.1, -0.05) is 20.8 Å². The molecule has 1 unspecified atom stereocenters. The van der Waals surface area contributed by atoms with Crippen molar-refractivity contribution in [2.75, 3.05) is 0 Å². The predicted molar refractivity (Wildman–Crippen MR) is 43.0 cm³/mol. The smallest absolute Gasteiger partial charge is 0.168 e. The molecule has 5 heteroatoms. The van der Waals surface area contributed by atoms with Crippen LogP contribution in [0.3, 0.4) is 0 Å². The first-order valence-corrected chi connectivity index (χ1v) is 4.33. The Kier molecular flexibility index (Phi) is 3.57. The lowest BCUT2D eigenvalue weighted by atomic mass is 10.3. The normalized spacial score (nSPS) is 16.6. The van der Waals surface area contributed by atoms with Crippen LogP contribution in [0.25, 0.3) is 0 Å². The van der Waals surface area contributed by atoms with Gasteiger partial charge in [-0.2, -0.15) is 13.2 Å². The highest BCUT2D eigenvalue weighted by Crippen LogP contribution is 2.39. The van der Waals surface area contributed by atoms with Crippen molar-refractivity contribution < 1.29 is 13.2 Å². The predicted octanol–water partition coefficient (Wildman–Crippen LogP) is 3.65. The van der Waals surface area contributed by atoms with Gasteiger partial charge in [-0.05, 0) is 0 Å². The van der Waals surface area contributed by atoms with E-state index < -0.39 is 15.6 Å². The molecule has 0 saturated carbocycles. The molecule has 0 aliphatic rings. The van der Waals surface area contributed by atoms with Crippen molar-refractivity contribution in [3.8, 4) is 0 Å². The minimum atomic E-state index is -4.31. The highest BCUT2D eigenvalue weighted by Gasteiger charge is 2.40. The summed E-state index contributed by atoms with van der Waals surface area (Å²) in [6, 6.07) is 0. The summed E-state index contributed by atoms with van der Waals surface area (Å²) >= 11 is 5.78. The average Bonchev–Trinajstić information content (AvgIpc) is 1.56. The van der Waals surface area contributed by atoms with E-state index in [-0.39, 0.29) is 0 Å². The lowest BCUT2D eigenvalue weighted by molar-refractivity contribution is -0.114. The van der Waals surface area contributed by atoms with Crippen LogP contribution < -0.4 is 0 Å². The SMILES string of the molecule is CC(C)(C)SC(Cl)C(F)(F)F. The van der Waals surface area contributed by atoms with Crippen LogP contribution in [-0.4, -0.2) is 15.6 Å². The highest BCUT2D eigenvalue weighted by atomic mass is 35.5. The topological polar surface area (TPSA) is 0 Å². The molecule has 0 aromatic carbocycles. The summed E-state index contributed by atoms with van der Waals surface area (Å²) < 4.78 is 33.2. The van der Waals surface area contributed by atoms with Crippen molar-refractivity contribution in [3.63, 3.8) is 0 Å². The van der Waals surface area contributed by atoms with Gasteiger partial charge < -0.3 is 0 Å². The van der Waals surface area contributed by atoms with Gasteiger partial charge in [-0.15, -0.1) is 23.4 Å². The lowest BCUT2D eigenvalue weighted by Gasteiger charge is -2.22. The summed E-state index contributed by atoms with van der Waals surface area (Å²) in [6.45, 7) is 5.08.